The monoisotopic (exact) mass is 246 g/mol. The van der Waals surface area contributed by atoms with E-state index in [9.17, 15) is 0 Å². The van der Waals surface area contributed by atoms with Crippen LogP contribution in [0.1, 0.15) is 6.92 Å². The van der Waals surface area contributed by atoms with E-state index in [0.717, 1.165) is 29.8 Å². The molecule has 1 aromatic heterocycles. The third-order valence-electron chi connectivity index (χ3n) is 2.85. The maximum absolute atomic E-state index is 5.77. The second-order valence-electron chi connectivity index (χ2n) is 4.00. The molecule has 0 saturated heterocycles. The van der Waals surface area contributed by atoms with E-state index in [1.54, 1.807) is 7.11 Å². The van der Waals surface area contributed by atoms with Crippen LogP contribution in [-0.4, -0.2) is 36.8 Å². The zero-order chi connectivity index (χ0) is 13.0. The zero-order valence-electron chi connectivity index (χ0n) is 10.8. The van der Waals surface area contributed by atoms with Gasteiger partial charge in [-0.15, -0.1) is 0 Å². The second-order valence-corrected chi connectivity index (χ2v) is 4.00. The molecule has 0 radical (unpaired) electrons. The van der Waals surface area contributed by atoms with Crippen molar-refractivity contribution in [3.63, 3.8) is 0 Å². The van der Waals surface area contributed by atoms with Crippen LogP contribution in [0.5, 0.6) is 0 Å². The molecule has 18 heavy (non-hydrogen) atoms. The number of anilines is 2. The first-order valence-corrected chi connectivity index (χ1v) is 6.02. The number of nitrogens with two attached hydrogens (primary N) is 1. The minimum Gasteiger partial charge on any atom is -0.383 e. The normalized spacial score (nSPS) is 10.8. The van der Waals surface area contributed by atoms with Crippen molar-refractivity contribution in [2.45, 2.75) is 6.92 Å². The Hall–Kier alpha value is -1.88. The maximum atomic E-state index is 5.77. The number of nitrogen functional groups attached to an aromatic ring is 1. The van der Waals surface area contributed by atoms with Gasteiger partial charge in [0, 0.05) is 25.6 Å². The molecule has 0 aliphatic rings. The van der Waals surface area contributed by atoms with Gasteiger partial charge in [-0.2, -0.15) is 4.98 Å². The van der Waals surface area contributed by atoms with E-state index in [4.69, 9.17) is 10.5 Å². The Balaban J connectivity index is 2.47. The number of hydrogen-bond acceptors (Lipinski definition) is 5. The number of benzene rings is 1. The minimum absolute atomic E-state index is 0.305. The SMILES string of the molecule is CCN(CCOC)c1nc(N)nc2ccccc12. The summed E-state index contributed by atoms with van der Waals surface area (Å²) in [5, 5.41) is 1.02. The van der Waals surface area contributed by atoms with Gasteiger partial charge >= 0.3 is 0 Å². The van der Waals surface area contributed by atoms with Crippen molar-refractivity contribution in [2.75, 3.05) is 37.4 Å². The summed E-state index contributed by atoms with van der Waals surface area (Å²) in [6.07, 6.45) is 0. The van der Waals surface area contributed by atoms with E-state index in [2.05, 4.69) is 21.8 Å². The molecule has 96 valence electrons. The summed E-state index contributed by atoms with van der Waals surface area (Å²) in [5.74, 6) is 1.18. The number of ether oxygens (including phenoxy) is 1. The molecular weight excluding hydrogens is 228 g/mol. The first-order chi connectivity index (χ1) is 8.76. The van der Waals surface area contributed by atoms with E-state index in [1.165, 1.54) is 0 Å². The van der Waals surface area contributed by atoms with E-state index in [1.807, 2.05) is 24.3 Å². The molecule has 0 unspecified atom stereocenters. The molecule has 2 N–H and O–H groups in total. The van der Waals surface area contributed by atoms with Crippen LogP contribution in [0.2, 0.25) is 0 Å². The third-order valence-corrected chi connectivity index (χ3v) is 2.85. The van der Waals surface area contributed by atoms with Gasteiger partial charge < -0.3 is 15.4 Å². The number of rotatable bonds is 5. The molecule has 1 aromatic carbocycles. The number of fused-ring (bicyclic) bond motifs is 1. The average molecular weight is 246 g/mol. The molecule has 5 heteroatoms. The van der Waals surface area contributed by atoms with Gasteiger partial charge in [0.25, 0.3) is 0 Å². The Labute approximate surface area is 107 Å². The lowest BCUT2D eigenvalue weighted by Crippen LogP contribution is -2.28. The predicted octanol–water partition coefficient (Wildman–Crippen LogP) is 1.68. The summed E-state index contributed by atoms with van der Waals surface area (Å²) in [6.45, 7) is 4.38. The van der Waals surface area contributed by atoms with Gasteiger partial charge in [-0.3, -0.25) is 0 Å². The highest BCUT2D eigenvalue weighted by Gasteiger charge is 2.11. The van der Waals surface area contributed by atoms with Crippen LogP contribution in [0.3, 0.4) is 0 Å². The lowest BCUT2D eigenvalue weighted by molar-refractivity contribution is 0.205. The van der Waals surface area contributed by atoms with Gasteiger partial charge in [0.05, 0.1) is 12.1 Å². The number of nitrogens with zero attached hydrogens (tertiary/aromatic N) is 3. The number of methoxy groups -OCH3 is 1. The van der Waals surface area contributed by atoms with Gasteiger partial charge in [-0.05, 0) is 19.1 Å². The zero-order valence-corrected chi connectivity index (χ0v) is 10.8. The summed E-state index contributed by atoms with van der Waals surface area (Å²) >= 11 is 0. The topological polar surface area (TPSA) is 64.3 Å². The lowest BCUT2D eigenvalue weighted by atomic mass is 10.2. The van der Waals surface area contributed by atoms with Gasteiger partial charge in [0.15, 0.2) is 0 Å². The Morgan fingerprint density at radius 1 is 1.28 bits per heavy atom. The van der Waals surface area contributed by atoms with Crippen molar-refractivity contribution in [1.82, 2.24) is 9.97 Å². The van der Waals surface area contributed by atoms with Crippen molar-refractivity contribution in [1.29, 1.82) is 0 Å². The van der Waals surface area contributed by atoms with Gasteiger partial charge in [0.1, 0.15) is 5.82 Å². The smallest absolute Gasteiger partial charge is 0.222 e. The van der Waals surface area contributed by atoms with Crippen LogP contribution in [0.15, 0.2) is 24.3 Å². The molecule has 0 bridgehead atoms. The van der Waals surface area contributed by atoms with Gasteiger partial charge in [-0.25, -0.2) is 4.98 Å². The van der Waals surface area contributed by atoms with Crippen LogP contribution >= 0.6 is 0 Å². The molecule has 2 rings (SSSR count). The molecular formula is C13H18N4O. The van der Waals surface area contributed by atoms with Crippen LogP contribution in [0, 0.1) is 0 Å². The van der Waals surface area contributed by atoms with Crippen molar-refractivity contribution in [3.8, 4) is 0 Å². The van der Waals surface area contributed by atoms with E-state index >= 15 is 0 Å². The fourth-order valence-electron chi connectivity index (χ4n) is 1.93. The van der Waals surface area contributed by atoms with Crippen LogP contribution < -0.4 is 10.6 Å². The van der Waals surface area contributed by atoms with Crippen molar-refractivity contribution in [2.24, 2.45) is 0 Å². The molecule has 1 heterocycles. The first-order valence-electron chi connectivity index (χ1n) is 6.02. The summed E-state index contributed by atoms with van der Waals surface area (Å²) in [7, 11) is 1.69. The predicted molar refractivity (Wildman–Crippen MR) is 73.7 cm³/mol. The molecule has 2 aromatic rings. The Bertz CT molecular complexity index is 529. The molecule has 0 fully saturated rings. The largest absolute Gasteiger partial charge is 0.383 e. The fraction of sp³-hybridized carbons (Fsp3) is 0.385. The number of hydrogen-bond donors (Lipinski definition) is 1. The Morgan fingerprint density at radius 3 is 2.78 bits per heavy atom. The standard InChI is InChI=1S/C13H18N4O/c1-3-17(8-9-18-2)12-10-6-4-5-7-11(10)15-13(14)16-12/h4-7H,3,8-9H2,1-2H3,(H2,14,15,16). The highest BCUT2D eigenvalue weighted by atomic mass is 16.5. The van der Waals surface area contributed by atoms with Crippen molar-refractivity contribution in [3.05, 3.63) is 24.3 Å². The minimum atomic E-state index is 0.305. The van der Waals surface area contributed by atoms with Crippen LogP contribution in [0.25, 0.3) is 10.9 Å². The van der Waals surface area contributed by atoms with Crippen molar-refractivity contribution < 1.29 is 4.74 Å². The van der Waals surface area contributed by atoms with Gasteiger partial charge in [0.2, 0.25) is 5.95 Å². The molecule has 0 aliphatic carbocycles. The van der Waals surface area contributed by atoms with E-state index in [-0.39, 0.29) is 0 Å². The number of likely N-dealkylation sites (N-methyl/N-ethyl adjacent to an activating group) is 1. The molecule has 0 aliphatic heterocycles. The van der Waals surface area contributed by atoms with E-state index < -0.39 is 0 Å². The number of aromatic nitrogens is 2. The van der Waals surface area contributed by atoms with Crippen LogP contribution in [0.4, 0.5) is 11.8 Å². The summed E-state index contributed by atoms with van der Waals surface area (Å²) in [6, 6.07) is 7.89. The molecule has 0 spiro atoms. The Morgan fingerprint density at radius 2 is 2.06 bits per heavy atom. The third kappa shape index (κ3) is 2.51. The quantitative estimate of drug-likeness (QED) is 0.869. The van der Waals surface area contributed by atoms with Gasteiger partial charge in [-0.1, -0.05) is 12.1 Å². The Kier molecular flexibility index (Phi) is 3.94. The lowest BCUT2D eigenvalue weighted by Gasteiger charge is -2.23. The number of para-hydroxylation sites is 1. The maximum Gasteiger partial charge on any atom is 0.222 e. The average Bonchev–Trinajstić information content (AvgIpc) is 2.39. The molecule has 0 amide bonds. The molecule has 5 nitrogen and oxygen atoms in total. The molecule has 0 saturated carbocycles. The first kappa shape index (κ1) is 12.6. The summed E-state index contributed by atoms with van der Waals surface area (Å²) in [4.78, 5) is 10.7. The van der Waals surface area contributed by atoms with Crippen LogP contribution in [-0.2, 0) is 4.74 Å². The highest BCUT2D eigenvalue weighted by Crippen LogP contribution is 2.24. The summed E-state index contributed by atoms with van der Waals surface area (Å²) < 4.78 is 5.12. The van der Waals surface area contributed by atoms with E-state index in [0.29, 0.717) is 12.6 Å². The fourth-order valence-corrected chi connectivity index (χ4v) is 1.93. The van der Waals surface area contributed by atoms with Crippen molar-refractivity contribution >= 4 is 22.7 Å². The molecule has 0 atom stereocenters. The highest BCUT2D eigenvalue weighted by molar-refractivity contribution is 5.90. The summed E-state index contributed by atoms with van der Waals surface area (Å²) in [5.41, 5.74) is 6.64. The second kappa shape index (κ2) is 5.64.